The lowest BCUT2D eigenvalue weighted by atomic mass is 9.89. The highest BCUT2D eigenvalue weighted by Crippen LogP contribution is 2.27. The first-order valence-corrected chi connectivity index (χ1v) is 8.43. The smallest absolute Gasteiger partial charge is 0.0253 e. The average molecular weight is 275 g/mol. The summed E-state index contributed by atoms with van der Waals surface area (Å²) in [6.45, 7) is 13.9. The lowest BCUT2D eigenvalue weighted by molar-refractivity contribution is 0.316. The molecular formula is C19H33N. The molecule has 0 aromatic carbocycles. The second-order valence-corrected chi connectivity index (χ2v) is 6.15. The maximum absolute atomic E-state index is 3.88. The van der Waals surface area contributed by atoms with Crippen molar-refractivity contribution in [1.29, 1.82) is 0 Å². The van der Waals surface area contributed by atoms with E-state index in [1.807, 2.05) is 6.08 Å². The van der Waals surface area contributed by atoms with Gasteiger partial charge in [0.15, 0.2) is 0 Å². The topological polar surface area (TPSA) is 4.93 Å². The van der Waals surface area contributed by atoms with E-state index in [2.05, 4.69) is 44.9 Å². The van der Waals surface area contributed by atoms with Crippen LogP contribution in [0.2, 0.25) is 0 Å². The zero-order chi connectivity index (χ0) is 15.0. The molecule has 1 aromatic rings. The van der Waals surface area contributed by atoms with Crippen molar-refractivity contribution in [3.8, 4) is 0 Å². The molecule has 1 saturated carbocycles. The van der Waals surface area contributed by atoms with E-state index in [0.717, 1.165) is 5.92 Å². The molecule has 0 unspecified atom stereocenters. The van der Waals surface area contributed by atoms with Crippen molar-refractivity contribution in [3.63, 3.8) is 0 Å². The number of unbranched alkanes of at least 4 members (excludes halogenated alkanes) is 1. The first kappa shape index (κ1) is 17.1. The van der Waals surface area contributed by atoms with E-state index in [9.17, 15) is 0 Å². The monoisotopic (exact) mass is 275 g/mol. The van der Waals surface area contributed by atoms with Crippen LogP contribution in [0, 0.1) is 19.8 Å². The van der Waals surface area contributed by atoms with Crippen LogP contribution in [-0.4, -0.2) is 4.57 Å². The summed E-state index contributed by atoms with van der Waals surface area (Å²) < 4.78 is 2.48. The number of hydrogen-bond acceptors (Lipinski definition) is 0. The summed E-state index contributed by atoms with van der Waals surface area (Å²) in [5.41, 5.74) is 4.07. The summed E-state index contributed by atoms with van der Waals surface area (Å²) in [6.07, 6.45) is 11.7. The molecule has 0 saturated heterocycles. The molecule has 1 heteroatoms. The molecule has 114 valence electrons. The Morgan fingerprint density at radius 3 is 2.20 bits per heavy atom. The fourth-order valence-electron chi connectivity index (χ4n) is 2.94. The molecule has 0 atom stereocenters. The van der Waals surface area contributed by atoms with Gasteiger partial charge in [-0.05, 0) is 44.2 Å². The Balaban J connectivity index is 0.000000444. The van der Waals surface area contributed by atoms with Gasteiger partial charge in [-0.25, -0.2) is 0 Å². The van der Waals surface area contributed by atoms with Gasteiger partial charge >= 0.3 is 0 Å². The van der Waals surface area contributed by atoms with Gasteiger partial charge in [-0.1, -0.05) is 58.6 Å². The first-order chi connectivity index (χ1) is 9.63. The van der Waals surface area contributed by atoms with Crippen LogP contribution in [0.4, 0.5) is 0 Å². The van der Waals surface area contributed by atoms with E-state index >= 15 is 0 Å². The molecule has 0 N–H and O–H groups in total. The van der Waals surface area contributed by atoms with Gasteiger partial charge < -0.3 is 4.57 Å². The summed E-state index contributed by atoms with van der Waals surface area (Å²) >= 11 is 0. The average Bonchev–Trinajstić information content (AvgIpc) is 2.76. The summed E-state index contributed by atoms with van der Waals surface area (Å²) in [5.74, 6) is 0.899. The van der Waals surface area contributed by atoms with E-state index in [0.29, 0.717) is 0 Å². The molecule has 0 aliphatic heterocycles. The van der Waals surface area contributed by atoms with Crippen molar-refractivity contribution in [2.45, 2.75) is 79.2 Å². The minimum absolute atomic E-state index is 0.899. The Morgan fingerprint density at radius 2 is 1.75 bits per heavy atom. The van der Waals surface area contributed by atoms with Gasteiger partial charge in [-0.3, -0.25) is 0 Å². The Morgan fingerprint density at radius 1 is 1.15 bits per heavy atom. The second kappa shape index (κ2) is 9.05. The molecule has 1 fully saturated rings. The summed E-state index contributed by atoms with van der Waals surface area (Å²) in [5, 5.41) is 0. The number of rotatable bonds is 4. The fraction of sp³-hybridized carbons (Fsp3) is 0.684. The SMILES string of the molecule is C=Cc1cc(C)n(CC2CCCCC2)c1C.CCCC. The van der Waals surface area contributed by atoms with Gasteiger partial charge in [0.05, 0.1) is 0 Å². The van der Waals surface area contributed by atoms with Crippen molar-refractivity contribution in [3.05, 3.63) is 29.6 Å². The highest BCUT2D eigenvalue weighted by molar-refractivity contribution is 5.51. The number of nitrogens with zero attached hydrogens (tertiary/aromatic N) is 1. The summed E-state index contributed by atoms with van der Waals surface area (Å²) in [4.78, 5) is 0. The molecule has 1 aromatic heterocycles. The Kier molecular flexibility index (Phi) is 7.72. The maximum atomic E-state index is 3.88. The summed E-state index contributed by atoms with van der Waals surface area (Å²) in [7, 11) is 0. The van der Waals surface area contributed by atoms with Crippen LogP contribution >= 0.6 is 0 Å². The molecule has 0 amide bonds. The molecule has 0 spiro atoms. The van der Waals surface area contributed by atoms with Crippen molar-refractivity contribution < 1.29 is 0 Å². The molecule has 20 heavy (non-hydrogen) atoms. The van der Waals surface area contributed by atoms with Crippen molar-refractivity contribution in [1.82, 2.24) is 4.57 Å². The van der Waals surface area contributed by atoms with E-state index in [-0.39, 0.29) is 0 Å². The predicted octanol–water partition coefficient (Wildman–Crippen LogP) is 6.13. The number of aryl methyl sites for hydroxylation is 1. The van der Waals surface area contributed by atoms with Crippen LogP contribution in [0.3, 0.4) is 0 Å². The lowest BCUT2D eigenvalue weighted by Crippen LogP contribution is -2.15. The second-order valence-electron chi connectivity index (χ2n) is 6.15. The van der Waals surface area contributed by atoms with E-state index < -0.39 is 0 Å². The molecule has 1 aliphatic rings. The minimum atomic E-state index is 0.899. The summed E-state index contributed by atoms with van der Waals surface area (Å²) in [6, 6.07) is 2.26. The lowest BCUT2D eigenvalue weighted by Gasteiger charge is -2.23. The predicted molar refractivity (Wildman–Crippen MR) is 91.2 cm³/mol. The largest absolute Gasteiger partial charge is 0.348 e. The van der Waals surface area contributed by atoms with E-state index in [1.165, 1.54) is 68.4 Å². The van der Waals surface area contributed by atoms with Crippen LogP contribution < -0.4 is 0 Å². The van der Waals surface area contributed by atoms with Crippen LogP contribution in [0.1, 0.15) is 75.7 Å². The quantitative estimate of drug-likeness (QED) is 0.622. The molecule has 1 aliphatic carbocycles. The van der Waals surface area contributed by atoms with Crippen molar-refractivity contribution in [2.75, 3.05) is 0 Å². The molecule has 2 rings (SSSR count). The normalized spacial score (nSPS) is 15.6. The zero-order valence-electron chi connectivity index (χ0n) is 14.0. The van der Waals surface area contributed by atoms with E-state index in [4.69, 9.17) is 0 Å². The van der Waals surface area contributed by atoms with Crippen LogP contribution in [0.25, 0.3) is 6.08 Å². The molecular weight excluding hydrogens is 242 g/mol. The zero-order valence-corrected chi connectivity index (χ0v) is 14.0. The first-order valence-electron chi connectivity index (χ1n) is 8.43. The molecule has 1 heterocycles. The van der Waals surface area contributed by atoms with Gasteiger partial charge in [0.1, 0.15) is 0 Å². The molecule has 0 radical (unpaired) electrons. The van der Waals surface area contributed by atoms with Gasteiger partial charge in [0.2, 0.25) is 0 Å². The van der Waals surface area contributed by atoms with Crippen molar-refractivity contribution >= 4 is 6.08 Å². The minimum Gasteiger partial charge on any atom is -0.348 e. The third kappa shape index (κ3) is 4.85. The van der Waals surface area contributed by atoms with Crippen LogP contribution in [-0.2, 0) is 6.54 Å². The Bertz CT molecular complexity index is 392. The Labute approximate surface area is 126 Å². The third-order valence-corrected chi connectivity index (χ3v) is 4.50. The van der Waals surface area contributed by atoms with Crippen LogP contribution in [0.15, 0.2) is 12.6 Å². The maximum Gasteiger partial charge on any atom is 0.0253 e. The van der Waals surface area contributed by atoms with Crippen LogP contribution in [0.5, 0.6) is 0 Å². The van der Waals surface area contributed by atoms with Gasteiger partial charge in [0.25, 0.3) is 0 Å². The van der Waals surface area contributed by atoms with Crippen molar-refractivity contribution in [2.24, 2.45) is 5.92 Å². The highest BCUT2D eigenvalue weighted by atomic mass is 15.0. The number of hydrogen-bond donors (Lipinski definition) is 0. The standard InChI is InChI=1S/C15H23N.C4H10/c1-4-15-10-12(2)16(13(15)3)11-14-8-6-5-7-9-14;1-3-4-2/h4,10,14H,1,5-9,11H2,2-3H3;3-4H2,1-2H3. The van der Waals surface area contributed by atoms with Gasteiger partial charge in [-0.15, -0.1) is 0 Å². The third-order valence-electron chi connectivity index (χ3n) is 4.50. The highest BCUT2D eigenvalue weighted by Gasteiger charge is 2.16. The van der Waals surface area contributed by atoms with Gasteiger partial charge in [-0.2, -0.15) is 0 Å². The number of aromatic nitrogens is 1. The van der Waals surface area contributed by atoms with Gasteiger partial charge in [0, 0.05) is 17.9 Å². The Hall–Kier alpha value is -0.980. The molecule has 0 bridgehead atoms. The van der Waals surface area contributed by atoms with E-state index in [1.54, 1.807) is 0 Å². The molecule has 1 nitrogen and oxygen atoms in total. The fourth-order valence-corrected chi connectivity index (χ4v) is 2.94.